The van der Waals surface area contributed by atoms with Crippen LogP contribution in [0, 0.1) is 11.8 Å². The Kier molecular flexibility index (Phi) is 1.37. The molecule has 1 aliphatic carbocycles. The monoisotopic (exact) mass is 151 g/mol. The van der Waals surface area contributed by atoms with E-state index in [1.165, 1.54) is 6.42 Å². The molecular formula is C8H13N3. The Morgan fingerprint density at radius 2 is 2.55 bits per heavy atom. The Morgan fingerprint density at radius 1 is 1.82 bits per heavy atom. The minimum atomic E-state index is 0.762. The first-order valence-electron chi connectivity index (χ1n) is 4.03. The largest absolute Gasteiger partial charge is 0.396 e. The van der Waals surface area contributed by atoms with E-state index in [2.05, 4.69) is 12.0 Å². The molecule has 0 aliphatic heterocycles. The van der Waals surface area contributed by atoms with Crippen LogP contribution in [0.3, 0.4) is 0 Å². The van der Waals surface area contributed by atoms with E-state index >= 15 is 0 Å². The van der Waals surface area contributed by atoms with Crippen molar-refractivity contribution >= 4 is 5.69 Å². The van der Waals surface area contributed by atoms with Gasteiger partial charge in [0.2, 0.25) is 0 Å². The predicted octanol–water partition coefficient (Wildman–Crippen LogP) is 1.12. The Morgan fingerprint density at radius 3 is 3.00 bits per heavy atom. The van der Waals surface area contributed by atoms with E-state index < -0.39 is 0 Å². The number of aromatic nitrogens is 2. The Labute approximate surface area is 66.2 Å². The van der Waals surface area contributed by atoms with E-state index in [1.807, 2.05) is 10.9 Å². The standard InChI is InChI=1S/C8H13N3/c1-6-2-7(6)4-11-5-8(9)3-10-11/h3,5-7H,2,4,9H2,1H3. The van der Waals surface area contributed by atoms with Crippen LogP contribution in [0.1, 0.15) is 13.3 Å². The zero-order valence-electron chi connectivity index (χ0n) is 6.70. The number of nitrogens with zero attached hydrogens (tertiary/aromatic N) is 2. The van der Waals surface area contributed by atoms with Crippen molar-refractivity contribution < 1.29 is 0 Å². The molecule has 1 aromatic heterocycles. The maximum atomic E-state index is 5.53. The van der Waals surface area contributed by atoms with Gasteiger partial charge in [-0.15, -0.1) is 0 Å². The molecule has 1 aromatic rings. The van der Waals surface area contributed by atoms with Crippen molar-refractivity contribution in [3.63, 3.8) is 0 Å². The molecule has 0 aromatic carbocycles. The second-order valence-corrected chi connectivity index (χ2v) is 3.47. The number of hydrogen-bond acceptors (Lipinski definition) is 2. The third kappa shape index (κ3) is 1.37. The Balaban J connectivity index is 1.96. The fourth-order valence-corrected chi connectivity index (χ4v) is 1.37. The second-order valence-electron chi connectivity index (χ2n) is 3.47. The van der Waals surface area contributed by atoms with Gasteiger partial charge in [0.15, 0.2) is 0 Å². The summed E-state index contributed by atoms with van der Waals surface area (Å²) in [4.78, 5) is 0. The summed E-state index contributed by atoms with van der Waals surface area (Å²) >= 11 is 0. The van der Waals surface area contributed by atoms with Crippen molar-refractivity contribution in [3.05, 3.63) is 12.4 Å². The first kappa shape index (κ1) is 6.70. The summed E-state index contributed by atoms with van der Waals surface area (Å²) in [5, 5.41) is 4.12. The van der Waals surface area contributed by atoms with E-state index in [-0.39, 0.29) is 0 Å². The third-order valence-corrected chi connectivity index (χ3v) is 2.35. The molecule has 0 saturated heterocycles. The summed E-state index contributed by atoms with van der Waals surface area (Å²) in [5.41, 5.74) is 6.29. The molecule has 0 bridgehead atoms. The number of nitrogen functional groups attached to an aromatic ring is 1. The molecule has 1 fully saturated rings. The molecule has 0 amide bonds. The minimum absolute atomic E-state index is 0.762. The summed E-state index contributed by atoms with van der Waals surface area (Å²) in [6.45, 7) is 3.32. The van der Waals surface area contributed by atoms with Crippen LogP contribution in [-0.4, -0.2) is 9.78 Å². The van der Waals surface area contributed by atoms with E-state index in [0.717, 1.165) is 24.1 Å². The molecule has 2 atom stereocenters. The van der Waals surface area contributed by atoms with Crippen molar-refractivity contribution in [2.75, 3.05) is 5.73 Å². The average molecular weight is 151 g/mol. The fourth-order valence-electron chi connectivity index (χ4n) is 1.37. The van der Waals surface area contributed by atoms with Crippen molar-refractivity contribution in [1.29, 1.82) is 0 Å². The van der Waals surface area contributed by atoms with Crippen LogP contribution in [0.25, 0.3) is 0 Å². The highest BCUT2D eigenvalue weighted by Crippen LogP contribution is 2.38. The van der Waals surface area contributed by atoms with Gasteiger partial charge in [0.25, 0.3) is 0 Å². The van der Waals surface area contributed by atoms with E-state index in [0.29, 0.717) is 0 Å². The number of rotatable bonds is 2. The van der Waals surface area contributed by atoms with Crippen molar-refractivity contribution in [2.45, 2.75) is 19.9 Å². The molecule has 11 heavy (non-hydrogen) atoms. The zero-order valence-corrected chi connectivity index (χ0v) is 6.70. The maximum absolute atomic E-state index is 5.53. The SMILES string of the molecule is CC1CC1Cn1cc(N)cn1. The Hall–Kier alpha value is -0.990. The van der Waals surface area contributed by atoms with Crippen LogP contribution in [0.4, 0.5) is 5.69 Å². The van der Waals surface area contributed by atoms with Gasteiger partial charge in [-0.3, -0.25) is 4.68 Å². The second kappa shape index (κ2) is 2.26. The highest BCUT2D eigenvalue weighted by molar-refractivity contribution is 5.30. The average Bonchev–Trinajstić information content (AvgIpc) is 2.42. The summed E-state index contributed by atoms with van der Waals surface area (Å²) in [6, 6.07) is 0. The van der Waals surface area contributed by atoms with E-state index in [9.17, 15) is 0 Å². The van der Waals surface area contributed by atoms with Gasteiger partial charge in [-0.25, -0.2) is 0 Å². The van der Waals surface area contributed by atoms with Crippen LogP contribution >= 0.6 is 0 Å². The van der Waals surface area contributed by atoms with Crippen LogP contribution in [-0.2, 0) is 6.54 Å². The molecule has 60 valence electrons. The normalized spacial score (nSPS) is 28.8. The van der Waals surface area contributed by atoms with Gasteiger partial charge in [-0.2, -0.15) is 5.10 Å². The number of nitrogens with two attached hydrogens (primary N) is 1. The van der Waals surface area contributed by atoms with Crippen LogP contribution in [0.2, 0.25) is 0 Å². The van der Waals surface area contributed by atoms with Gasteiger partial charge in [0.05, 0.1) is 11.9 Å². The quantitative estimate of drug-likeness (QED) is 0.688. The zero-order chi connectivity index (χ0) is 7.84. The maximum Gasteiger partial charge on any atom is 0.0719 e. The van der Waals surface area contributed by atoms with E-state index in [1.54, 1.807) is 6.20 Å². The van der Waals surface area contributed by atoms with Gasteiger partial charge in [-0.1, -0.05) is 6.92 Å². The lowest BCUT2D eigenvalue weighted by atomic mass is 10.3. The summed E-state index contributed by atoms with van der Waals surface area (Å²) in [5.74, 6) is 1.73. The van der Waals surface area contributed by atoms with Crippen LogP contribution in [0.5, 0.6) is 0 Å². The summed E-state index contributed by atoms with van der Waals surface area (Å²) in [6.07, 6.45) is 4.94. The molecule has 2 N–H and O–H groups in total. The first-order chi connectivity index (χ1) is 5.25. The van der Waals surface area contributed by atoms with Gasteiger partial charge < -0.3 is 5.73 Å². The summed E-state index contributed by atoms with van der Waals surface area (Å²) < 4.78 is 1.93. The van der Waals surface area contributed by atoms with Crippen molar-refractivity contribution in [1.82, 2.24) is 9.78 Å². The highest BCUT2D eigenvalue weighted by Gasteiger charge is 2.32. The lowest BCUT2D eigenvalue weighted by molar-refractivity contribution is 0.540. The molecule has 1 heterocycles. The van der Waals surface area contributed by atoms with Gasteiger partial charge in [0.1, 0.15) is 0 Å². The summed E-state index contributed by atoms with van der Waals surface area (Å²) in [7, 11) is 0. The van der Waals surface area contributed by atoms with Gasteiger partial charge >= 0.3 is 0 Å². The highest BCUT2D eigenvalue weighted by atomic mass is 15.3. The molecule has 0 radical (unpaired) electrons. The lowest BCUT2D eigenvalue weighted by Crippen LogP contribution is -2.00. The molecule has 1 saturated carbocycles. The van der Waals surface area contributed by atoms with Gasteiger partial charge in [0, 0.05) is 12.7 Å². The minimum Gasteiger partial charge on any atom is -0.396 e. The molecule has 2 rings (SSSR count). The van der Waals surface area contributed by atoms with Crippen LogP contribution < -0.4 is 5.73 Å². The molecule has 1 aliphatic rings. The topological polar surface area (TPSA) is 43.8 Å². The molecule has 3 nitrogen and oxygen atoms in total. The first-order valence-corrected chi connectivity index (χ1v) is 4.03. The number of hydrogen-bond donors (Lipinski definition) is 1. The third-order valence-electron chi connectivity index (χ3n) is 2.35. The smallest absolute Gasteiger partial charge is 0.0719 e. The van der Waals surface area contributed by atoms with E-state index in [4.69, 9.17) is 5.73 Å². The predicted molar refractivity (Wildman–Crippen MR) is 43.9 cm³/mol. The van der Waals surface area contributed by atoms with Crippen LogP contribution in [0.15, 0.2) is 12.4 Å². The fraction of sp³-hybridized carbons (Fsp3) is 0.625. The molecule has 0 spiro atoms. The number of anilines is 1. The Bertz CT molecular complexity index is 254. The van der Waals surface area contributed by atoms with Crippen molar-refractivity contribution in [2.24, 2.45) is 11.8 Å². The van der Waals surface area contributed by atoms with Gasteiger partial charge in [-0.05, 0) is 18.3 Å². The van der Waals surface area contributed by atoms with Crippen molar-refractivity contribution in [3.8, 4) is 0 Å². The molecule has 3 heteroatoms. The molecular weight excluding hydrogens is 138 g/mol. The lowest BCUT2D eigenvalue weighted by Gasteiger charge is -1.96. The molecule has 2 unspecified atom stereocenters.